The standard InChI is InChI=1S/C20H19FN4O/c1-12-4-17-8-18(5-12)25(17)20(26)24-16-3-2-13(9-22)19(7-16)14-6-15(21)11-23-10-14/h2-3,6-7,10-12,17-18H,4-5,8H2,1H3,(H,24,26)/t12?,17-,18?/m0/s1. The van der Waals surface area contributed by atoms with Gasteiger partial charge in [-0.2, -0.15) is 5.26 Å². The Morgan fingerprint density at radius 1 is 1.27 bits per heavy atom. The molecule has 26 heavy (non-hydrogen) atoms. The van der Waals surface area contributed by atoms with Crippen molar-refractivity contribution >= 4 is 11.7 Å². The number of piperidine rings is 1. The van der Waals surface area contributed by atoms with Gasteiger partial charge in [0.1, 0.15) is 5.82 Å². The van der Waals surface area contributed by atoms with Crippen molar-refractivity contribution in [2.75, 3.05) is 5.32 Å². The fourth-order valence-corrected chi connectivity index (χ4v) is 4.18. The molecule has 2 unspecified atom stereocenters. The van der Waals surface area contributed by atoms with E-state index in [1.54, 1.807) is 18.2 Å². The number of aromatic nitrogens is 1. The Bertz CT molecular complexity index is 895. The smallest absolute Gasteiger partial charge is 0.318 e. The number of hydrogen-bond donors (Lipinski definition) is 1. The molecule has 0 spiro atoms. The van der Waals surface area contributed by atoms with Crippen LogP contribution in [0.3, 0.4) is 0 Å². The quantitative estimate of drug-likeness (QED) is 0.884. The Hall–Kier alpha value is -2.94. The van der Waals surface area contributed by atoms with Gasteiger partial charge in [-0.05, 0) is 49.4 Å². The zero-order valence-electron chi connectivity index (χ0n) is 14.4. The second kappa shape index (κ2) is 6.41. The average molecular weight is 350 g/mol. The maximum atomic E-state index is 13.5. The number of amides is 2. The second-order valence-electron chi connectivity index (χ2n) is 7.22. The fraction of sp³-hybridized carbons (Fsp3) is 0.350. The SMILES string of the molecule is CC1CC2C[C@H](C1)N2C(=O)Nc1ccc(C#N)c(-c2cncc(F)c2)c1. The summed E-state index contributed by atoms with van der Waals surface area (Å²) < 4.78 is 13.5. The van der Waals surface area contributed by atoms with E-state index in [1.807, 2.05) is 4.90 Å². The van der Waals surface area contributed by atoms with E-state index in [0.717, 1.165) is 25.5 Å². The van der Waals surface area contributed by atoms with Crippen LogP contribution in [-0.2, 0) is 0 Å². The highest BCUT2D eigenvalue weighted by atomic mass is 19.1. The molecule has 132 valence electrons. The van der Waals surface area contributed by atoms with E-state index in [4.69, 9.17) is 0 Å². The Labute approximate surface area is 151 Å². The van der Waals surface area contributed by atoms with Crippen molar-refractivity contribution < 1.29 is 9.18 Å². The predicted octanol–water partition coefficient (Wildman–Crippen LogP) is 4.16. The zero-order valence-corrected chi connectivity index (χ0v) is 14.4. The Morgan fingerprint density at radius 2 is 2.04 bits per heavy atom. The Balaban J connectivity index is 1.57. The highest BCUT2D eigenvalue weighted by Gasteiger charge is 2.46. The highest BCUT2D eigenvalue weighted by molar-refractivity contribution is 5.91. The molecular weight excluding hydrogens is 331 g/mol. The number of halogens is 1. The van der Waals surface area contributed by atoms with Crippen LogP contribution in [0.2, 0.25) is 0 Å². The van der Waals surface area contributed by atoms with Gasteiger partial charge in [0, 0.05) is 35.1 Å². The maximum absolute atomic E-state index is 13.5. The van der Waals surface area contributed by atoms with E-state index in [1.165, 1.54) is 12.3 Å². The first-order valence-electron chi connectivity index (χ1n) is 8.79. The van der Waals surface area contributed by atoms with Gasteiger partial charge in [-0.15, -0.1) is 0 Å². The van der Waals surface area contributed by atoms with Crippen LogP contribution >= 0.6 is 0 Å². The number of carbonyl (C=O) groups is 1. The van der Waals surface area contributed by atoms with Gasteiger partial charge in [0.2, 0.25) is 0 Å². The summed E-state index contributed by atoms with van der Waals surface area (Å²) in [5.41, 5.74) is 2.05. The molecular formula is C20H19FN4O. The Morgan fingerprint density at radius 3 is 2.73 bits per heavy atom. The van der Waals surface area contributed by atoms with Crippen LogP contribution < -0.4 is 5.32 Å². The van der Waals surface area contributed by atoms with Gasteiger partial charge in [-0.3, -0.25) is 4.98 Å². The maximum Gasteiger partial charge on any atom is 0.322 e. The lowest BCUT2D eigenvalue weighted by molar-refractivity contribution is -0.00600. The summed E-state index contributed by atoms with van der Waals surface area (Å²) in [4.78, 5) is 18.4. The zero-order chi connectivity index (χ0) is 18.3. The van der Waals surface area contributed by atoms with Crippen molar-refractivity contribution in [3.8, 4) is 17.2 Å². The van der Waals surface area contributed by atoms with Gasteiger partial charge in [0.05, 0.1) is 17.8 Å². The van der Waals surface area contributed by atoms with Crippen molar-refractivity contribution in [1.82, 2.24) is 9.88 Å². The first-order valence-corrected chi connectivity index (χ1v) is 8.79. The average Bonchev–Trinajstić information content (AvgIpc) is 2.61. The van der Waals surface area contributed by atoms with E-state index in [2.05, 4.69) is 23.3 Å². The summed E-state index contributed by atoms with van der Waals surface area (Å²) in [5.74, 6) is 0.202. The lowest BCUT2D eigenvalue weighted by Crippen LogP contribution is -2.63. The molecule has 1 aliphatic carbocycles. The number of fused-ring (bicyclic) bond motifs is 2. The topological polar surface area (TPSA) is 69.0 Å². The number of hydrogen-bond acceptors (Lipinski definition) is 3. The summed E-state index contributed by atoms with van der Waals surface area (Å²) in [6, 6.07) is 9.02. The number of nitrogens with zero attached hydrogens (tertiary/aromatic N) is 3. The number of nitriles is 1. The molecule has 3 fully saturated rings. The lowest BCUT2D eigenvalue weighted by Gasteiger charge is -2.54. The molecule has 1 N–H and O–H groups in total. The molecule has 3 aliphatic rings. The molecule has 2 saturated heterocycles. The Kier molecular flexibility index (Phi) is 4.08. The van der Waals surface area contributed by atoms with Crippen LogP contribution in [0.15, 0.2) is 36.7 Å². The molecule has 5 rings (SSSR count). The largest absolute Gasteiger partial charge is 0.322 e. The third-order valence-corrected chi connectivity index (χ3v) is 5.32. The fourth-order valence-electron chi connectivity index (χ4n) is 4.18. The van der Waals surface area contributed by atoms with Crippen molar-refractivity contribution in [1.29, 1.82) is 5.26 Å². The van der Waals surface area contributed by atoms with Crippen LogP contribution in [0, 0.1) is 23.1 Å². The molecule has 3 heterocycles. The van der Waals surface area contributed by atoms with Crippen LogP contribution in [0.5, 0.6) is 0 Å². The minimum Gasteiger partial charge on any atom is -0.318 e. The van der Waals surface area contributed by atoms with Gasteiger partial charge in [-0.25, -0.2) is 9.18 Å². The molecule has 2 bridgehead atoms. The number of anilines is 1. The van der Waals surface area contributed by atoms with Gasteiger partial charge in [0.25, 0.3) is 0 Å². The third kappa shape index (κ3) is 2.90. The van der Waals surface area contributed by atoms with Crippen molar-refractivity contribution in [3.05, 3.63) is 48.0 Å². The third-order valence-electron chi connectivity index (χ3n) is 5.32. The molecule has 3 atom stereocenters. The number of urea groups is 1. The first-order chi connectivity index (χ1) is 12.5. The number of nitrogens with one attached hydrogen (secondary N) is 1. The normalized spacial score (nSPS) is 23.7. The minimum absolute atomic E-state index is 0.105. The molecule has 0 radical (unpaired) electrons. The van der Waals surface area contributed by atoms with Gasteiger partial charge in [0.15, 0.2) is 0 Å². The molecule has 2 aliphatic heterocycles. The first kappa shape index (κ1) is 16.5. The summed E-state index contributed by atoms with van der Waals surface area (Å²) in [6.45, 7) is 2.23. The molecule has 5 nitrogen and oxygen atoms in total. The van der Waals surface area contributed by atoms with Gasteiger partial charge in [-0.1, -0.05) is 6.92 Å². The highest BCUT2D eigenvalue weighted by Crippen LogP contribution is 2.41. The van der Waals surface area contributed by atoms with E-state index < -0.39 is 5.82 Å². The summed E-state index contributed by atoms with van der Waals surface area (Å²) in [7, 11) is 0. The van der Waals surface area contributed by atoms with Gasteiger partial charge < -0.3 is 10.2 Å². The predicted molar refractivity (Wildman–Crippen MR) is 95.8 cm³/mol. The van der Waals surface area contributed by atoms with E-state index in [0.29, 0.717) is 40.4 Å². The van der Waals surface area contributed by atoms with Crippen molar-refractivity contribution in [2.24, 2.45) is 5.92 Å². The number of benzene rings is 1. The van der Waals surface area contributed by atoms with Crippen LogP contribution in [0.4, 0.5) is 14.9 Å². The van der Waals surface area contributed by atoms with Crippen molar-refractivity contribution in [2.45, 2.75) is 38.3 Å². The number of pyridine rings is 1. The van der Waals surface area contributed by atoms with Gasteiger partial charge >= 0.3 is 6.03 Å². The summed E-state index contributed by atoms with van der Waals surface area (Å²) in [6.07, 6.45) is 5.82. The van der Waals surface area contributed by atoms with Crippen LogP contribution in [-0.4, -0.2) is 28.0 Å². The second-order valence-corrected chi connectivity index (χ2v) is 7.22. The molecule has 1 aromatic heterocycles. The molecule has 1 saturated carbocycles. The number of rotatable bonds is 2. The van der Waals surface area contributed by atoms with Crippen molar-refractivity contribution in [3.63, 3.8) is 0 Å². The minimum atomic E-state index is -0.469. The molecule has 1 aromatic carbocycles. The monoisotopic (exact) mass is 350 g/mol. The number of carbonyl (C=O) groups excluding carboxylic acids is 1. The van der Waals surface area contributed by atoms with Crippen LogP contribution in [0.25, 0.3) is 11.1 Å². The molecule has 6 heteroatoms. The summed E-state index contributed by atoms with van der Waals surface area (Å²) in [5, 5.41) is 12.3. The lowest BCUT2D eigenvalue weighted by atomic mass is 9.74. The van der Waals surface area contributed by atoms with Crippen LogP contribution in [0.1, 0.15) is 31.7 Å². The summed E-state index contributed by atoms with van der Waals surface area (Å²) >= 11 is 0. The molecule has 2 aromatic rings. The van der Waals surface area contributed by atoms with E-state index in [-0.39, 0.29) is 6.03 Å². The van der Waals surface area contributed by atoms with E-state index in [9.17, 15) is 14.4 Å². The van der Waals surface area contributed by atoms with E-state index >= 15 is 0 Å². The molecule has 2 amide bonds.